The minimum atomic E-state index is -0.342. The molecule has 2 heterocycles. The van der Waals surface area contributed by atoms with Crippen LogP contribution in [0.15, 0.2) is 67.0 Å². The lowest BCUT2D eigenvalue weighted by Gasteiger charge is -2.36. The molecule has 1 aromatic heterocycles. The van der Waals surface area contributed by atoms with Gasteiger partial charge in [0.05, 0.1) is 19.0 Å². The molecule has 4 rings (SSSR count). The van der Waals surface area contributed by atoms with Crippen molar-refractivity contribution in [1.29, 1.82) is 0 Å². The summed E-state index contributed by atoms with van der Waals surface area (Å²) < 4.78 is 16.0. The number of hydrogen-bond donors (Lipinski definition) is 0. The van der Waals surface area contributed by atoms with E-state index in [4.69, 9.17) is 0 Å². The average Bonchev–Trinajstić information content (AvgIpc) is 3.11. The van der Waals surface area contributed by atoms with Crippen LogP contribution in [0.2, 0.25) is 0 Å². The number of hydrogen-bond acceptors (Lipinski definition) is 2. The van der Waals surface area contributed by atoms with Gasteiger partial charge in [0.2, 0.25) is 5.91 Å². The smallest absolute Gasteiger partial charge is 0.228 e. The minimum absolute atomic E-state index is 0.0523. The fourth-order valence-electron chi connectivity index (χ4n) is 3.33. The van der Waals surface area contributed by atoms with Crippen LogP contribution in [0.4, 0.5) is 4.39 Å². The molecule has 0 bridgehead atoms. The van der Waals surface area contributed by atoms with Gasteiger partial charge in [0.25, 0.3) is 0 Å². The third-order valence-electron chi connectivity index (χ3n) is 4.66. The second kappa shape index (κ2) is 6.51. The highest BCUT2D eigenvalue weighted by molar-refractivity contribution is 5.79. The Morgan fingerprint density at radius 1 is 1.12 bits per heavy atom. The van der Waals surface area contributed by atoms with E-state index in [9.17, 15) is 9.18 Å². The van der Waals surface area contributed by atoms with E-state index in [0.717, 1.165) is 11.4 Å². The Balaban J connectivity index is 1.65. The molecule has 25 heavy (non-hydrogen) atoms. The fraction of sp³-hybridized carbons (Fsp3) is 0.200. The van der Waals surface area contributed by atoms with Gasteiger partial charge in [0.1, 0.15) is 11.6 Å². The Kier molecular flexibility index (Phi) is 4.06. The molecule has 2 aromatic carbocycles. The summed E-state index contributed by atoms with van der Waals surface area (Å²) >= 11 is 0. The maximum absolute atomic E-state index is 13.9. The van der Waals surface area contributed by atoms with E-state index in [0.29, 0.717) is 18.7 Å². The lowest BCUT2D eigenvalue weighted by Crippen LogP contribution is -2.41. The first kappa shape index (κ1) is 15.6. The molecular weight excluding hydrogens is 317 g/mol. The van der Waals surface area contributed by atoms with Gasteiger partial charge in [-0.05, 0) is 17.2 Å². The summed E-state index contributed by atoms with van der Waals surface area (Å²) in [6, 6.07) is 16.3. The van der Waals surface area contributed by atoms with E-state index < -0.39 is 0 Å². The van der Waals surface area contributed by atoms with Gasteiger partial charge in [-0.15, -0.1) is 0 Å². The normalized spacial score (nSPS) is 16.5. The zero-order chi connectivity index (χ0) is 17.2. The monoisotopic (exact) mass is 335 g/mol. The number of benzene rings is 2. The fourth-order valence-corrected chi connectivity index (χ4v) is 3.33. The molecule has 1 unspecified atom stereocenters. The van der Waals surface area contributed by atoms with Crippen molar-refractivity contribution < 1.29 is 9.18 Å². The summed E-state index contributed by atoms with van der Waals surface area (Å²) in [6.07, 6.45) is 3.74. The van der Waals surface area contributed by atoms with Crippen LogP contribution in [-0.2, 0) is 24.3 Å². The van der Waals surface area contributed by atoms with Gasteiger partial charge in [0.15, 0.2) is 0 Å². The van der Waals surface area contributed by atoms with Crippen molar-refractivity contribution in [3.8, 4) is 0 Å². The highest BCUT2D eigenvalue weighted by Crippen LogP contribution is 2.29. The molecule has 0 aliphatic carbocycles. The van der Waals surface area contributed by atoms with Gasteiger partial charge < -0.3 is 9.47 Å². The maximum Gasteiger partial charge on any atom is 0.228 e. The number of rotatable bonds is 3. The summed E-state index contributed by atoms with van der Waals surface area (Å²) in [4.78, 5) is 19.1. The highest BCUT2D eigenvalue weighted by atomic mass is 19.1. The molecule has 0 spiro atoms. The van der Waals surface area contributed by atoms with E-state index in [1.165, 1.54) is 6.07 Å². The van der Waals surface area contributed by atoms with E-state index in [1.807, 2.05) is 41.4 Å². The average molecular weight is 335 g/mol. The first-order chi connectivity index (χ1) is 12.2. The number of amides is 1. The maximum atomic E-state index is 13.9. The van der Waals surface area contributed by atoms with E-state index >= 15 is 0 Å². The molecule has 126 valence electrons. The molecule has 1 aliphatic heterocycles. The van der Waals surface area contributed by atoms with Crippen LogP contribution < -0.4 is 0 Å². The number of carbonyl (C=O) groups excluding carboxylic acids is 1. The van der Waals surface area contributed by atoms with Gasteiger partial charge in [-0.1, -0.05) is 48.5 Å². The molecule has 3 aromatic rings. The van der Waals surface area contributed by atoms with Gasteiger partial charge >= 0.3 is 0 Å². The van der Waals surface area contributed by atoms with Gasteiger partial charge in [0, 0.05) is 18.9 Å². The number of nitrogens with zero attached hydrogens (tertiary/aromatic N) is 3. The number of aromatic nitrogens is 2. The topological polar surface area (TPSA) is 38.1 Å². The quantitative estimate of drug-likeness (QED) is 0.736. The Labute approximate surface area is 145 Å². The standard InChI is InChI=1S/C20H18FN3O/c21-17-9-5-4-8-16(17)12-20(25)24-14-19-22-10-11-23(19)13-18(24)15-6-2-1-3-7-15/h1-11,18H,12-14H2. The summed E-state index contributed by atoms with van der Waals surface area (Å²) in [5.41, 5.74) is 1.50. The Bertz CT molecular complexity index is 891. The Morgan fingerprint density at radius 2 is 1.88 bits per heavy atom. The van der Waals surface area contributed by atoms with Crippen LogP contribution >= 0.6 is 0 Å². The molecule has 1 amide bonds. The second-order valence-electron chi connectivity index (χ2n) is 6.21. The van der Waals surface area contributed by atoms with Crippen molar-refractivity contribution in [2.45, 2.75) is 25.6 Å². The molecular formula is C20H18FN3O. The largest absolute Gasteiger partial charge is 0.331 e. The third kappa shape index (κ3) is 3.05. The van der Waals surface area contributed by atoms with Crippen LogP contribution in [-0.4, -0.2) is 20.4 Å². The number of halogens is 1. The van der Waals surface area contributed by atoms with Crippen molar-refractivity contribution in [3.63, 3.8) is 0 Å². The first-order valence-corrected chi connectivity index (χ1v) is 8.30. The predicted octanol–water partition coefficient (Wildman–Crippen LogP) is 3.35. The van der Waals surface area contributed by atoms with Crippen molar-refractivity contribution in [2.75, 3.05) is 0 Å². The van der Waals surface area contributed by atoms with Crippen molar-refractivity contribution in [1.82, 2.24) is 14.5 Å². The van der Waals surface area contributed by atoms with Crippen molar-refractivity contribution >= 4 is 5.91 Å². The van der Waals surface area contributed by atoms with Gasteiger partial charge in [-0.2, -0.15) is 0 Å². The van der Waals surface area contributed by atoms with Gasteiger partial charge in [-0.3, -0.25) is 4.79 Å². The first-order valence-electron chi connectivity index (χ1n) is 8.30. The molecule has 0 N–H and O–H groups in total. The predicted molar refractivity (Wildman–Crippen MR) is 92.1 cm³/mol. The summed E-state index contributed by atoms with van der Waals surface area (Å²) in [6.45, 7) is 1.09. The highest BCUT2D eigenvalue weighted by Gasteiger charge is 2.31. The zero-order valence-electron chi connectivity index (χ0n) is 13.7. The van der Waals surface area contributed by atoms with Crippen LogP contribution in [0.3, 0.4) is 0 Å². The number of imidazole rings is 1. The van der Waals surface area contributed by atoms with Crippen molar-refractivity contribution in [3.05, 3.63) is 89.8 Å². The molecule has 4 nitrogen and oxygen atoms in total. The van der Waals surface area contributed by atoms with E-state index in [2.05, 4.69) is 9.55 Å². The van der Waals surface area contributed by atoms with E-state index in [-0.39, 0.29) is 24.2 Å². The lowest BCUT2D eigenvalue weighted by atomic mass is 10.0. The van der Waals surface area contributed by atoms with Crippen LogP contribution in [0.25, 0.3) is 0 Å². The molecule has 0 saturated heterocycles. The second-order valence-corrected chi connectivity index (χ2v) is 6.21. The summed E-state index contributed by atoms with van der Waals surface area (Å²) in [5, 5.41) is 0. The minimum Gasteiger partial charge on any atom is -0.331 e. The zero-order valence-corrected chi connectivity index (χ0v) is 13.7. The van der Waals surface area contributed by atoms with E-state index in [1.54, 1.807) is 24.4 Å². The van der Waals surface area contributed by atoms with Crippen molar-refractivity contribution in [2.24, 2.45) is 0 Å². The third-order valence-corrected chi connectivity index (χ3v) is 4.66. The molecule has 0 saturated carbocycles. The van der Waals surface area contributed by atoms with Crippen LogP contribution in [0.5, 0.6) is 0 Å². The number of fused-ring (bicyclic) bond motifs is 1. The summed E-state index contributed by atoms with van der Waals surface area (Å²) in [5.74, 6) is 0.424. The SMILES string of the molecule is O=C(Cc1ccccc1F)N1Cc2nccn2CC1c1ccccc1. The Hall–Kier alpha value is -2.95. The Morgan fingerprint density at radius 3 is 2.68 bits per heavy atom. The number of carbonyl (C=O) groups is 1. The lowest BCUT2D eigenvalue weighted by molar-refractivity contribution is -0.135. The molecule has 1 aliphatic rings. The molecule has 5 heteroatoms. The molecule has 1 atom stereocenters. The van der Waals surface area contributed by atoms with Crippen LogP contribution in [0, 0.1) is 5.82 Å². The summed E-state index contributed by atoms with van der Waals surface area (Å²) in [7, 11) is 0. The molecule has 0 fully saturated rings. The molecule has 0 radical (unpaired) electrons. The van der Waals surface area contributed by atoms with Crippen LogP contribution in [0.1, 0.15) is 23.0 Å². The van der Waals surface area contributed by atoms with Gasteiger partial charge in [-0.25, -0.2) is 9.37 Å².